The predicted molar refractivity (Wildman–Crippen MR) is 107 cm³/mol. The molecule has 1 heterocycles. The van der Waals surface area contributed by atoms with Crippen LogP contribution in [0.25, 0.3) is 5.57 Å². The number of hydrogen-bond donors (Lipinski definition) is 1. The number of aryl methyl sites for hydroxylation is 1. The van der Waals surface area contributed by atoms with Crippen LogP contribution in [0.4, 0.5) is 4.79 Å². The average Bonchev–Trinajstić information content (AvgIpc) is 2.58. The molecule has 1 N–H and O–H groups in total. The summed E-state index contributed by atoms with van der Waals surface area (Å²) < 4.78 is 4.58. The van der Waals surface area contributed by atoms with Crippen molar-refractivity contribution in [3.8, 4) is 5.88 Å². The minimum Gasteiger partial charge on any atom is -0.449 e. The van der Waals surface area contributed by atoms with Gasteiger partial charge in [0.25, 0.3) is 0 Å². The van der Waals surface area contributed by atoms with Gasteiger partial charge in [-0.15, -0.1) is 0 Å². The lowest BCUT2D eigenvalue weighted by atomic mass is 9.62. The molecule has 0 spiro atoms. The lowest BCUT2D eigenvalue weighted by molar-refractivity contribution is 0.142. The fourth-order valence-electron chi connectivity index (χ4n) is 3.91. The minimum atomic E-state index is -1.37. The molecule has 0 saturated carbocycles. The minimum absolute atomic E-state index is 0.0593. The molecule has 0 fully saturated rings. The van der Waals surface area contributed by atoms with Crippen LogP contribution in [0.3, 0.4) is 0 Å². The second kappa shape index (κ2) is 6.52. The van der Waals surface area contributed by atoms with Crippen molar-refractivity contribution >= 4 is 11.7 Å². The van der Waals surface area contributed by atoms with Crippen LogP contribution < -0.4 is 4.74 Å². The summed E-state index contributed by atoms with van der Waals surface area (Å²) in [5.41, 5.74) is 7.14. The highest BCUT2D eigenvalue weighted by Gasteiger charge is 2.37. The lowest BCUT2D eigenvalue weighted by Gasteiger charge is -2.42. The van der Waals surface area contributed by atoms with Crippen LogP contribution in [-0.4, -0.2) is 16.2 Å². The van der Waals surface area contributed by atoms with Gasteiger partial charge in [-0.3, -0.25) is 0 Å². The highest BCUT2D eigenvalue weighted by Crippen LogP contribution is 2.47. The molecule has 142 valence electrons. The Morgan fingerprint density at radius 1 is 1.11 bits per heavy atom. The molecule has 1 aliphatic carbocycles. The van der Waals surface area contributed by atoms with E-state index >= 15 is 0 Å². The molecule has 0 unspecified atom stereocenters. The number of rotatable bonds is 3. The first-order valence-corrected chi connectivity index (χ1v) is 9.23. The molecule has 4 heteroatoms. The second-order valence-corrected chi connectivity index (χ2v) is 8.71. The number of fused-ring (bicyclic) bond motifs is 1. The zero-order chi connectivity index (χ0) is 20.0. The number of aromatic nitrogens is 1. The Morgan fingerprint density at radius 3 is 2.22 bits per heavy atom. The van der Waals surface area contributed by atoms with Gasteiger partial charge in [0.05, 0.1) is 0 Å². The Labute approximate surface area is 160 Å². The van der Waals surface area contributed by atoms with Gasteiger partial charge in [-0.05, 0) is 64.5 Å². The molecule has 1 aromatic heterocycles. The quantitative estimate of drug-likeness (QED) is 0.692. The third-order valence-electron chi connectivity index (χ3n) is 5.80. The van der Waals surface area contributed by atoms with E-state index in [0.29, 0.717) is 0 Å². The van der Waals surface area contributed by atoms with Gasteiger partial charge in [-0.2, -0.15) is 0 Å². The van der Waals surface area contributed by atoms with Crippen LogP contribution in [0.1, 0.15) is 68.4 Å². The van der Waals surface area contributed by atoms with Crippen LogP contribution in [0.2, 0.25) is 0 Å². The highest BCUT2D eigenvalue weighted by molar-refractivity contribution is 5.80. The standard InChI is InChI=1S/C23H27NO3/c1-14-11-18-19(23(5,6)10-9-22(18,3)4)12-17(14)15(2)16-7-8-20(24-13-16)27-21(25)26/h7-8,11-13H,2,9-10H2,1,3-6H3,(H,25,26). The Bertz CT molecular complexity index is 908. The summed E-state index contributed by atoms with van der Waals surface area (Å²) >= 11 is 0. The zero-order valence-corrected chi connectivity index (χ0v) is 16.7. The van der Waals surface area contributed by atoms with E-state index in [4.69, 9.17) is 5.11 Å². The van der Waals surface area contributed by atoms with E-state index < -0.39 is 6.16 Å². The van der Waals surface area contributed by atoms with Crippen molar-refractivity contribution in [3.05, 3.63) is 64.9 Å². The first-order chi connectivity index (χ1) is 12.5. The number of carboxylic acid groups (broad SMARTS) is 1. The van der Waals surface area contributed by atoms with Crippen molar-refractivity contribution in [3.63, 3.8) is 0 Å². The maximum Gasteiger partial charge on any atom is 0.512 e. The Morgan fingerprint density at radius 2 is 1.70 bits per heavy atom. The number of nitrogens with zero attached hydrogens (tertiary/aromatic N) is 1. The summed E-state index contributed by atoms with van der Waals surface area (Å²) in [5, 5.41) is 8.68. The van der Waals surface area contributed by atoms with Crippen LogP contribution in [0.5, 0.6) is 5.88 Å². The molecule has 1 aromatic carbocycles. The van der Waals surface area contributed by atoms with Crippen molar-refractivity contribution in [2.45, 2.75) is 58.3 Å². The van der Waals surface area contributed by atoms with Crippen molar-refractivity contribution in [2.24, 2.45) is 0 Å². The largest absolute Gasteiger partial charge is 0.512 e. The van der Waals surface area contributed by atoms with Crippen LogP contribution in [-0.2, 0) is 10.8 Å². The van der Waals surface area contributed by atoms with E-state index in [1.807, 2.05) is 0 Å². The van der Waals surface area contributed by atoms with Gasteiger partial charge < -0.3 is 9.84 Å². The van der Waals surface area contributed by atoms with E-state index in [0.717, 1.165) is 23.1 Å². The Balaban J connectivity index is 2.02. The second-order valence-electron chi connectivity index (χ2n) is 8.71. The molecule has 0 aliphatic heterocycles. The first-order valence-electron chi connectivity index (χ1n) is 9.23. The van der Waals surface area contributed by atoms with Gasteiger partial charge in [0.2, 0.25) is 5.88 Å². The molecule has 2 aromatic rings. The van der Waals surface area contributed by atoms with Crippen molar-refractivity contribution in [2.75, 3.05) is 0 Å². The third kappa shape index (κ3) is 3.61. The number of ether oxygens (including phenoxy) is 1. The molecular formula is C23H27NO3. The van der Waals surface area contributed by atoms with Crippen molar-refractivity contribution in [1.82, 2.24) is 4.98 Å². The summed E-state index contributed by atoms with van der Waals surface area (Å²) in [6, 6.07) is 7.94. The van der Waals surface area contributed by atoms with E-state index in [2.05, 4.69) is 63.1 Å². The summed E-state index contributed by atoms with van der Waals surface area (Å²) in [5.74, 6) is 0.0593. The molecule has 3 rings (SSSR count). The van der Waals surface area contributed by atoms with Gasteiger partial charge in [0, 0.05) is 17.8 Å². The number of benzene rings is 1. The van der Waals surface area contributed by atoms with E-state index in [-0.39, 0.29) is 16.7 Å². The first kappa shape index (κ1) is 19.2. The monoisotopic (exact) mass is 365 g/mol. The molecule has 0 radical (unpaired) electrons. The SMILES string of the molecule is C=C(c1ccc(OC(=O)O)nc1)c1cc2c(cc1C)C(C)(C)CCC2(C)C. The molecule has 0 amide bonds. The van der Waals surface area contributed by atoms with Crippen LogP contribution in [0, 0.1) is 6.92 Å². The Hall–Kier alpha value is -2.62. The smallest absolute Gasteiger partial charge is 0.449 e. The summed E-state index contributed by atoms with van der Waals surface area (Å²) in [6.07, 6.45) is 2.57. The molecular weight excluding hydrogens is 338 g/mol. The zero-order valence-electron chi connectivity index (χ0n) is 16.7. The van der Waals surface area contributed by atoms with Crippen LogP contribution in [0.15, 0.2) is 37.0 Å². The van der Waals surface area contributed by atoms with Crippen molar-refractivity contribution < 1.29 is 14.6 Å². The van der Waals surface area contributed by atoms with Crippen molar-refractivity contribution in [1.29, 1.82) is 0 Å². The van der Waals surface area contributed by atoms with Gasteiger partial charge in [0.1, 0.15) is 0 Å². The predicted octanol–water partition coefficient (Wildman–Crippen LogP) is 5.86. The number of carbonyl (C=O) groups is 1. The fraction of sp³-hybridized carbons (Fsp3) is 0.391. The molecule has 0 bridgehead atoms. The molecule has 0 saturated heterocycles. The van der Waals surface area contributed by atoms with E-state index in [9.17, 15) is 4.79 Å². The normalized spacial score (nSPS) is 17.1. The number of pyridine rings is 1. The maximum atomic E-state index is 10.6. The summed E-state index contributed by atoms with van der Waals surface area (Å²) in [7, 11) is 0. The third-order valence-corrected chi connectivity index (χ3v) is 5.80. The topological polar surface area (TPSA) is 59.4 Å². The molecule has 27 heavy (non-hydrogen) atoms. The Kier molecular flexibility index (Phi) is 4.62. The fourth-order valence-corrected chi connectivity index (χ4v) is 3.91. The van der Waals surface area contributed by atoms with Gasteiger partial charge >= 0.3 is 6.16 Å². The average molecular weight is 365 g/mol. The molecule has 4 nitrogen and oxygen atoms in total. The number of hydrogen-bond acceptors (Lipinski definition) is 3. The summed E-state index contributed by atoms with van der Waals surface area (Å²) in [4.78, 5) is 14.7. The van der Waals surface area contributed by atoms with Gasteiger partial charge in [0.15, 0.2) is 0 Å². The summed E-state index contributed by atoms with van der Waals surface area (Å²) in [6.45, 7) is 15.7. The van der Waals surface area contributed by atoms with E-state index in [1.165, 1.54) is 23.1 Å². The molecule has 0 atom stereocenters. The highest BCUT2D eigenvalue weighted by atomic mass is 16.7. The van der Waals surface area contributed by atoms with Gasteiger partial charge in [-0.1, -0.05) is 46.4 Å². The van der Waals surface area contributed by atoms with Gasteiger partial charge in [-0.25, -0.2) is 9.78 Å². The van der Waals surface area contributed by atoms with Crippen LogP contribution >= 0.6 is 0 Å². The molecule has 1 aliphatic rings. The lowest BCUT2D eigenvalue weighted by Crippen LogP contribution is -2.34. The maximum absolute atomic E-state index is 10.6. The van der Waals surface area contributed by atoms with E-state index in [1.54, 1.807) is 18.3 Å².